The minimum absolute atomic E-state index is 0.301. The highest BCUT2D eigenvalue weighted by Crippen LogP contribution is 2.22. The predicted octanol–water partition coefficient (Wildman–Crippen LogP) is 0.979. The highest BCUT2D eigenvalue weighted by Gasteiger charge is 2.29. The molecule has 1 atom stereocenters. The van der Waals surface area contributed by atoms with Crippen molar-refractivity contribution >= 4 is 6.40 Å². The molecule has 1 aromatic rings. The van der Waals surface area contributed by atoms with Gasteiger partial charge in [-0.3, -0.25) is 0 Å². The minimum Gasteiger partial charge on any atom is -0.458 e. The minimum atomic E-state index is -1.12. The molecule has 0 radical (unpaired) electrons. The Hall–Kier alpha value is -1.59. The van der Waals surface area contributed by atoms with Crippen molar-refractivity contribution < 1.29 is 9.84 Å². The number of rotatable bonds is 4. The number of nitrogens with one attached hydrogen (secondary N) is 1. The van der Waals surface area contributed by atoms with Crippen LogP contribution in [0.25, 0.3) is 0 Å². The van der Waals surface area contributed by atoms with Crippen LogP contribution in [0.4, 0.5) is 0 Å². The summed E-state index contributed by atoms with van der Waals surface area (Å²) in [6, 6.07) is 9.44. The van der Waals surface area contributed by atoms with Crippen LogP contribution in [0, 0.1) is 0 Å². The standard InChI is InChI=1S/C11H15N3O2/c1-2-11(15,10-6-4-3-5-7-10)13-14-9-16-8-12-14/h3-8,13,15H,2,9H2,1H3. The van der Waals surface area contributed by atoms with Gasteiger partial charge in [0.05, 0.1) is 0 Å². The first-order valence-electron chi connectivity index (χ1n) is 5.22. The molecule has 16 heavy (non-hydrogen) atoms. The van der Waals surface area contributed by atoms with E-state index in [4.69, 9.17) is 4.74 Å². The van der Waals surface area contributed by atoms with Crippen molar-refractivity contribution in [3.05, 3.63) is 35.9 Å². The summed E-state index contributed by atoms with van der Waals surface area (Å²) in [5, 5.41) is 15.8. The van der Waals surface area contributed by atoms with Gasteiger partial charge in [-0.15, -0.1) is 5.10 Å². The lowest BCUT2D eigenvalue weighted by Gasteiger charge is -2.31. The van der Waals surface area contributed by atoms with Gasteiger partial charge in [0.15, 0.2) is 18.9 Å². The van der Waals surface area contributed by atoms with E-state index in [1.165, 1.54) is 11.5 Å². The molecule has 0 amide bonds. The molecule has 1 unspecified atom stereocenters. The zero-order valence-electron chi connectivity index (χ0n) is 9.13. The van der Waals surface area contributed by atoms with E-state index in [0.717, 1.165) is 5.56 Å². The van der Waals surface area contributed by atoms with Crippen LogP contribution in [0.5, 0.6) is 0 Å². The monoisotopic (exact) mass is 221 g/mol. The Labute approximate surface area is 94.3 Å². The van der Waals surface area contributed by atoms with Crippen LogP contribution < -0.4 is 5.43 Å². The van der Waals surface area contributed by atoms with Crippen LogP contribution in [-0.2, 0) is 10.5 Å². The molecule has 0 aliphatic carbocycles. The number of hydrogen-bond donors (Lipinski definition) is 2. The van der Waals surface area contributed by atoms with Gasteiger partial charge in [0.2, 0.25) is 0 Å². The second-order valence-corrected chi connectivity index (χ2v) is 3.61. The lowest BCUT2D eigenvalue weighted by molar-refractivity contribution is -0.0822. The topological polar surface area (TPSA) is 57.1 Å². The van der Waals surface area contributed by atoms with Gasteiger partial charge in [0, 0.05) is 0 Å². The third kappa shape index (κ3) is 2.15. The predicted molar refractivity (Wildman–Crippen MR) is 60.0 cm³/mol. The van der Waals surface area contributed by atoms with Crippen molar-refractivity contribution in [1.82, 2.24) is 10.5 Å². The Morgan fingerprint density at radius 2 is 2.25 bits per heavy atom. The maximum Gasteiger partial charge on any atom is 0.196 e. The second-order valence-electron chi connectivity index (χ2n) is 3.61. The molecule has 1 heterocycles. The van der Waals surface area contributed by atoms with Gasteiger partial charge in [-0.05, 0) is 12.0 Å². The van der Waals surface area contributed by atoms with Gasteiger partial charge >= 0.3 is 0 Å². The van der Waals surface area contributed by atoms with E-state index < -0.39 is 5.72 Å². The Kier molecular flexibility index (Phi) is 3.07. The number of hydrazone groups is 1. The summed E-state index contributed by atoms with van der Waals surface area (Å²) >= 11 is 0. The highest BCUT2D eigenvalue weighted by molar-refractivity contribution is 5.46. The first-order valence-corrected chi connectivity index (χ1v) is 5.22. The molecule has 5 nitrogen and oxygen atoms in total. The molecular weight excluding hydrogens is 206 g/mol. The SMILES string of the molecule is CCC(O)(NN1COC=N1)c1ccccc1. The van der Waals surface area contributed by atoms with E-state index in [1.807, 2.05) is 37.3 Å². The molecular formula is C11H15N3O2. The Balaban J connectivity index is 2.15. The summed E-state index contributed by atoms with van der Waals surface area (Å²) in [7, 11) is 0. The van der Waals surface area contributed by atoms with Gasteiger partial charge in [-0.25, -0.2) is 0 Å². The van der Waals surface area contributed by atoms with Gasteiger partial charge in [-0.1, -0.05) is 37.3 Å². The molecule has 2 N–H and O–H groups in total. The maximum atomic E-state index is 10.5. The Morgan fingerprint density at radius 1 is 1.50 bits per heavy atom. The van der Waals surface area contributed by atoms with Crippen molar-refractivity contribution in [3.8, 4) is 0 Å². The highest BCUT2D eigenvalue weighted by atomic mass is 16.5. The van der Waals surface area contributed by atoms with Crippen molar-refractivity contribution in [1.29, 1.82) is 0 Å². The average molecular weight is 221 g/mol. The maximum absolute atomic E-state index is 10.5. The fraction of sp³-hybridized carbons (Fsp3) is 0.364. The van der Waals surface area contributed by atoms with Gasteiger partial charge in [-0.2, -0.15) is 10.5 Å². The summed E-state index contributed by atoms with van der Waals surface area (Å²) in [6.07, 6.45) is 1.87. The molecule has 1 aromatic carbocycles. The first-order chi connectivity index (χ1) is 7.74. The molecule has 0 aromatic heterocycles. The number of aliphatic hydroxyl groups is 1. The second kappa shape index (κ2) is 4.51. The molecule has 0 saturated carbocycles. The third-order valence-electron chi connectivity index (χ3n) is 2.53. The van der Waals surface area contributed by atoms with E-state index in [-0.39, 0.29) is 0 Å². The molecule has 86 valence electrons. The molecule has 0 fully saturated rings. The summed E-state index contributed by atoms with van der Waals surface area (Å²) in [6.45, 7) is 2.20. The molecule has 0 spiro atoms. The van der Waals surface area contributed by atoms with E-state index in [9.17, 15) is 5.11 Å². The van der Waals surface area contributed by atoms with Crippen molar-refractivity contribution in [2.24, 2.45) is 5.10 Å². The van der Waals surface area contributed by atoms with Crippen LogP contribution >= 0.6 is 0 Å². The lowest BCUT2D eigenvalue weighted by Crippen LogP contribution is -2.49. The number of hydrogen-bond acceptors (Lipinski definition) is 5. The number of nitrogens with zero attached hydrogens (tertiary/aromatic N) is 2. The van der Waals surface area contributed by atoms with Crippen LogP contribution in [-0.4, -0.2) is 23.4 Å². The zero-order chi connectivity index (χ0) is 11.4. The quantitative estimate of drug-likeness (QED) is 0.744. The smallest absolute Gasteiger partial charge is 0.196 e. The number of benzene rings is 1. The summed E-state index contributed by atoms with van der Waals surface area (Å²) in [4.78, 5) is 0. The largest absolute Gasteiger partial charge is 0.458 e. The number of hydrazine groups is 1. The zero-order valence-corrected chi connectivity index (χ0v) is 9.13. The molecule has 2 rings (SSSR count). The van der Waals surface area contributed by atoms with Crippen molar-refractivity contribution in [2.45, 2.75) is 19.1 Å². The van der Waals surface area contributed by atoms with Crippen LogP contribution in [0.3, 0.4) is 0 Å². The third-order valence-corrected chi connectivity index (χ3v) is 2.53. The van der Waals surface area contributed by atoms with E-state index in [2.05, 4.69) is 10.5 Å². The van der Waals surface area contributed by atoms with E-state index in [0.29, 0.717) is 13.2 Å². The van der Waals surface area contributed by atoms with Gasteiger partial charge < -0.3 is 9.84 Å². The first kappa shape index (κ1) is 10.9. The van der Waals surface area contributed by atoms with E-state index in [1.54, 1.807) is 0 Å². The average Bonchev–Trinajstić information content (AvgIpc) is 2.83. The fourth-order valence-electron chi connectivity index (χ4n) is 1.56. The van der Waals surface area contributed by atoms with Crippen LogP contribution in [0.15, 0.2) is 35.4 Å². The molecule has 5 heteroatoms. The number of ether oxygens (including phenoxy) is 1. The molecule has 1 aliphatic rings. The molecule has 0 bridgehead atoms. The Morgan fingerprint density at radius 3 is 2.81 bits per heavy atom. The Bertz CT molecular complexity index is 369. The molecule has 0 saturated heterocycles. The summed E-state index contributed by atoms with van der Waals surface area (Å²) < 4.78 is 4.94. The van der Waals surface area contributed by atoms with Crippen molar-refractivity contribution in [3.63, 3.8) is 0 Å². The van der Waals surface area contributed by atoms with Crippen LogP contribution in [0.1, 0.15) is 18.9 Å². The fourth-order valence-corrected chi connectivity index (χ4v) is 1.56. The molecule has 1 aliphatic heterocycles. The van der Waals surface area contributed by atoms with Crippen LogP contribution in [0.2, 0.25) is 0 Å². The van der Waals surface area contributed by atoms with E-state index >= 15 is 0 Å². The summed E-state index contributed by atoms with van der Waals surface area (Å²) in [5.74, 6) is 0. The normalized spacial score (nSPS) is 18.2. The van der Waals surface area contributed by atoms with Gasteiger partial charge in [0.1, 0.15) is 0 Å². The van der Waals surface area contributed by atoms with Crippen molar-refractivity contribution in [2.75, 3.05) is 6.73 Å². The summed E-state index contributed by atoms with van der Waals surface area (Å²) in [5.41, 5.74) is 2.61. The van der Waals surface area contributed by atoms with Gasteiger partial charge in [0.25, 0.3) is 0 Å². The lowest BCUT2D eigenvalue weighted by atomic mass is 10.0.